The Morgan fingerprint density at radius 2 is 1.93 bits per heavy atom. The molecule has 0 saturated carbocycles. The average molecular weight is 510 g/mol. The molecular weight excluding hydrogens is 477 g/mol. The number of halogens is 3. The first-order valence-electron chi connectivity index (χ1n) is 9.70. The second-order valence-corrected chi connectivity index (χ2v) is 7.27. The normalized spacial score (nSPS) is 16.6. The van der Waals surface area contributed by atoms with E-state index in [1.807, 2.05) is 0 Å². The zero-order chi connectivity index (χ0) is 19.6. The predicted molar refractivity (Wildman–Crippen MR) is 120 cm³/mol. The standard InChI is InChI=1S/C20H32F2N4O.HI/c1-15(2)13-17(26-9-11-27-12-10-26)14-25-20(23-3)24-8-7-16-5-4-6-18(21)19(16)22;/h4-6,15,17H,7-14H2,1-3H3,(H2,23,24,25);1H. The van der Waals surface area contributed by atoms with Crippen molar-refractivity contribution in [2.45, 2.75) is 32.7 Å². The van der Waals surface area contributed by atoms with Crippen molar-refractivity contribution in [2.24, 2.45) is 10.9 Å². The zero-order valence-corrected chi connectivity index (χ0v) is 19.3. The molecular formula is C20H33F2IN4O. The fourth-order valence-electron chi connectivity index (χ4n) is 3.34. The number of hydrogen-bond donors (Lipinski definition) is 2. The first-order chi connectivity index (χ1) is 13.0. The number of nitrogens with zero attached hydrogens (tertiary/aromatic N) is 2. The largest absolute Gasteiger partial charge is 0.379 e. The summed E-state index contributed by atoms with van der Waals surface area (Å²) in [6.45, 7) is 9.18. The smallest absolute Gasteiger partial charge is 0.191 e. The van der Waals surface area contributed by atoms with Crippen molar-refractivity contribution >= 4 is 29.9 Å². The first-order valence-corrected chi connectivity index (χ1v) is 9.70. The van der Waals surface area contributed by atoms with Gasteiger partial charge in [-0.2, -0.15) is 0 Å². The molecule has 0 aromatic heterocycles. The quantitative estimate of drug-likeness (QED) is 0.321. The third-order valence-corrected chi connectivity index (χ3v) is 4.75. The first kappa shape index (κ1) is 25.0. The Morgan fingerprint density at radius 3 is 2.57 bits per heavy atom. The lowest BCUT2D eigenvalue weighted by atomic mass is 10.0. The summed E-state index contributed by atoms with van der Waals surface area (Å²) in [5.41, 5.74) is 0.365. The van der Waals surface area contributed by atoms with Gasteiger partial charge in [-0.25, -0.2) is 8.78 Å². The summed E-state index contributed by atoms with van der Waals surface area (Å²) in [6.07, 6.45) is 1.49. The predicted octanol–water partition coefficient (Wildman–Crippen LogP) is 3.04. The summed E-state index contributed by atoms with van der Waals surface area (Å²) in [4.78, 5) is 6.70. The maximum atomic E-state index is 13.7. The highest BCUT2D eigenvalue weighted by atomic mass is 127. The van der Waals surface area contributed by atoms with Crippen LogP contribution in [0.3, 0.4) is 0 Å². The van der Waals surface area contributed by atoms with Crippen molar-refractivity contribution in [3.63, 3.8) is 0 Å². The molecule has 2 rings (SSSR count). The zero-order valence-electron chi connectivity index (χ0n) is 17.0. The van der Waals surface area contributed by atoms with E-state index in [0.29, 0.717) is 36.4 Å². The highest BCUT2D eigenvalue weighted by molar-refractivity contribution is 14.0. The van der Waals surface area contributed by atoms with Crippen LogP contribution in [-0.4, -0.2) is 63.3 Å². The fourth-order valence-corrected chi connectivity index (χ4v) is 3.34. The SMILES string of the molecule is CN=C(NCCc1cccc(F)c1F)NCC(CC(C)C)N1CCOCC1.I. The van der Waals surface area contributed by atoms with Gasteiger partial charge in [0.2, 0.25) is 0 Å². The molecule has 0 amide bonds. The Bertz CT molecular complexity index is 610. The molecule has 1 aliphatic rings. The van der Waals surface area contributed by atoms with Gasteiger partial charge in [-0.15, -0.1) is 24.0 Å². The molecule has 0 bridgehead atoms. The monoisotopic (exact) mass is 510 g/mol. The van der Waals surface area contributed by atoms with Gasteiger partial charge in [0.25, 0.3) is 0 Å². The highest BCUT2D eigenvalue weighted by Gasteiger charge is 2.22. The maximum absolute atomic E-state index is 13.7. The van der Waals surface area contributed by atoms with Crippen LogP contribution in [0, 0.1) is 17.6 Å². The van der Waals surface area contributed by atoms with Crippen LogP contribution in [0.4, 0.5) is 8.78 Å². The van der Waals surface area contributed by atoms with Crippen molar-refractivity contribution in [1.82, 2.24) is 15.5 Å². The second-order valence-electron chi connectivity index (χ2n) is 7.27. The van der Waals surface area contributed by atoms with E-state index in [0.717, 1.165) is 45.3 Å². The molecule has 28 heavy (non-hydrogen) atoms. The van der Waals surface area contributed by atoms with Crippen molar-refractivity contribution in [3.8, 4) is 0 Å². The molecule has 1 atom stereocenters. The van der Waals surface area contributed by atoms with E-state index in [1.165, 1.54) is 6.07 Å². The number of hydrogen-bond acceptors (Lipinski definition) is 3. The van der Waals surface area contributed by atoms with Gasteiger partial charge < -0.3 is 15.4 Å². The maximum Gasteiger partial charge on any atom is 0.191 e. The molecule has 2 N–H and O–H groups in total. The van der Waals surface area contributed by atoms with Gasteiger partial charge in [-0.05, 0) is 30.4 Å². The van der Waals surface area contributed by atoms with E-state index in [9.17, 15) is 8.78 Å². The Balaban J connectivity index is 0.00000392. The van der Waals surface area contributed by atoms with E-state index in [4.69, 9.17) is 4.74 Å². The number of ether oxygens (including phenoxy) is 1. The van der Waals surface area contributed by atoms with Gasteiger partial charge >= 0.3 is 0 Å². The van der Waals surface area contributed by atoms with Crippen LogP contribution >= 0.6 is 24.0 Å². The van der Waals surface area contributed by atoms with Crippen LogP contribution in [0.1, 0.15) is 25.8 Å². The van der Waals surface area contributed by atoms with Crippen LogP contribution in [0.2, 0.25) is 0 Å². The molecule has 8 heteroatoms. The molecule has 1 unspecified atom stereocenters. The minimum absolute atomic E-state index is 0. The Labute approximate surface area is 184 Å². The lowest BCUT2D eigenvalue weighted by molar-refractivity contribution is 0.0132. The van der Waals surface area contributed by atoms with Gasteiger partial charge in [0.05, 0.1) is 13.2 Å². The third-order valence-electron chi connectivity index (χ3n) is 4.75. The fraction of sp³-hybridized carbons (Fsp3) is 0.650. The molecule has 0 spiro atoms. The van der Waals surface area contributed by atoms with Crippen molar-refractivity contribution in [1.29, 1.82) is 0 Å². The molecule has 0 aliphatic carbocycles. The average Bonchev–Trinajstić information content (AvgIpc) is 2.67. The van der Waals surface area contributed by atoms with Gasteiger partial charge in [0.15, 0.2) is 17.6 Å². The topological polar surface area (TPSA) is 48.9 Å². The minimum atomic E-state index is -0.808. The van der Waals surface area contributed by atoms with E-state index in [-0.39, 0.29) is 24.0 Å². The molecule has 160 valence electrons. The van der Waals surface area contributed by atoms with Crippen molar-refractivity contribution in [2.75, 3.05) is 46.4 Å². The Kier molecular flexibility index (Phi) is 11.9. The second kappa shape index (κ2) is 13.3. The van der Waals surface area contributed by atoms with Crippen LogP contribution in [0.5, 0.6) is 0 Å². The summed E-state index contributed by atoms with van der Waals surface area (Å²) in [6, 6.07) is 4.67. The number of morpholine rings is 1. The Morgan fingerprint density at radius 1 is 1.21 bits per heavy atom. The lowest BCUT2D eigenvalue weighted by Gasteiger charge is -2.35. The third kappa shape index (κ3) is 8.16. The molecule has 5 nitrogen and oxygen atoms in total. The van der Waals surface area contributed by atoms with Crippen molar-refractivity contribution < 1.29 is 13.5 Å². The number of rotatable bonds is 8. The number of benzene rings is 1. The van der Waals surface area contributed by atoms with Gasteiger partial charge in [0, 0.05) is 39.3 Å². The van der Waals surface area contributed by atoms with E-state index >= 15 is 0 Å². The van der Waals surface area contributed by atoms with Crippen molar-refractivity contribution in [3.05, 3.63) is 35.4 Å². The van der Waals surface area contributed by atoms with Crippen LogP contribution in [0.15, 0.2) is 23.2 Å². The summed E-state index contributed by atoms with van der Waals surface area (Å²) >= 11 is 0. The van der Waals surface area contributed by atoms with Crippen LogP contribution in [0.25, 0.3) is 0 Å². The molecule has 1 fully saturated rings. The summed E-state index contributed by atoms with van der Waals surface area (Å²) in [7, 11) is 1.71. The number of guanidine groups is 1. The summed E-state index contributed by atoms with van der Waals surface area (Å²) in [5, 5.41) is 6.56. The minimum Gasteiger partial charge on any atom is -0.379 e. The molecule has 0 radical (unpaired) electrons. The van der Waals surface area contributed by atoms with Gasteiger partial charge in [0.1, 0.15) is 0 Å². The lowest BCUT2D eigenvalue weighted by Crippen LogP contribution is -2.51. The van der Waals surface area contributed by atoms with Gasteiger partial charge in [-0.1, -0.05) is 26.0 Å². The van der Waals surface area contributed by atoms with Crippen LogP contribution < -0.4 is 10.6 Å². The Hall–Kier alpha value is -1.00. The summed E-state index contributed by atoms with van der Waals surface area (Å²) < 4.78 is 32.5. The number of aliphatic imine (C=N–C) groups is 1. The molecule has 1 saturated heterocycles. The molecule has 1 aliphatic heterocycles. The number of nitrogens with one attached hydrogen (secondary N) is 2. The molecule has 1 aromatic carbocycles. The van der Waals surface area contributed by atoms with Crippen LogP contribution in [-0.2, 0) is 11.2 Å². The van der Waals surface area contributed by atoms with Gasteiger partial charge in [-0.3, -0.25) is 9.89 Å². The van der Waals surface area contributed by atoms with E-state index in [2.05, 4.69) is 34.4 Å². The van der Waals surface area contributed by atoms with E-state index < -0.39 is 11.6 Å². The highest BCUT2D eigenvalue weighted by Crippen LogP contribution is 2.13. The molecule has 1 aromatic rings. The van der Waals surface area contributed by atoms with E-state index in [1.54, 1.807) is 13.1 Å². The molecule has 1 heterocycles. The summed E-state index contributed by atoms with van der Waals surface area (Å²) in [5.74, 6) is -0.303.